The van der Waals surface area contributed by atoms with Gasteiger partial charge in [-0.05, 0) is 13.5 Å². The molecule has 0 aliphatic carbocycles. The van der Waals surface area contributed by atoms with Gasteiger partial charge in [0, 0.05) is 12.4 Å². The molecule has 0 saturated carbocycles. The lowest BCUT2D eigenvalue weighted by molar-refractivity contribution is 0.484. The van der Waals surface area contributed by atoms with Gasteiger partial charge >= 0.3 is 0 Å². The van der Waals surface area contributed by atoms with Crippen molar-refractivity contribution in [1.82, 2.24) is 15.3 Å². The van der Waals surface area contributed by atoms with Crippen molar-refractivity contribution in [2.24, 2.45) is 0 Å². The highest BCUT2D eigenvalue weighted by molar-refractivity contribution is 4.94. The molecular formula is C12H23N3. The van der Waals surface area contributed by atoms with Gasteiger partial charge in [0.15, 0.2) is 0 Å². The molecule has 0 amide bonds. The molecule has 0 aliphatic rings. The van der Waals surface area contributed by atoms with Gasteiger partial charge in [-0.15, -0.1) is 0 Å². The highest BCUT2D eigenvalue weighted by Gasteiger charge is 2.10. The molecule has 1 heterocycles. The minimum Gasteiger partial charge on any atom is -0.347 e. The molecule has 0 bridgehead atoms. The first-order chi connectivity index (χ1) is 7.38. The minimum atomic E-state index is 0.390. The summed E-state index contributed by atoms with van der Waals surface area (Å²) in [5.41, 5.74) is 0. The van der Waals surface area contributed by atoms with Gasteiger partial charge in [-0.25, -0.2) is 4.98 Å². The van der Waals surface area contributed by atoms with Crippen LogP contribution in [0.3, 0.4) is 0 Å². The lowest BCUT2D eigenvalue weighted by Crippen LogP contribution is -2.17. The number of nitrogens with one attached hydrogen (secondary N) is 2. The maximum atomic E-state index is 4.28. The van der Waals surface area contributed by atoms with E-state index in [1.54, 1.807) is 0 Å². The second-order valence-corrected chi connectivity index (χ2v) is 4.02. The summed E-state index contributed by atoms with van der Waals surface area (Å²) in [6.07, 6.45) is 11.5. The summed E-state index contributed by atoms with van der Waals surface area (Å²) >= 11 is 0. The Hall–Kier alpha value is -0.830. The molecule has 1 atom stereocenters. The van der Waals surface area contributed by atoms with Crippen LogP contribution in [0.5, 0.6) is 0 Å². The van der Waals surface area contributed by atoms with Gasteiger partial charge in [0.05, 0.1) is 6.04 Å². The topological polar surface area (TPSA) is 40.7 Å². The first kappa shape index (κ1) is 12.2. The number of rotatable bonds is 8. The van der Waals surface area contributed by atoms with Crippen molar-refractivity contribution < 1.29 is 0 Å². The van der Waals surface area contributed by atoms with Crippen LogP contribution in [-0.4, -0.2) is 17.0 Å². The quantitative estimate of drug-likeness (QED) is 0.646. The van der Waals surface area contributed by atoms with Crippen LogP contribution in [0.25, 0.3) is 0 Å². The average Bonchev–Trinajstić information content (AvgIpc) is 2.77. The summed E-state index contributed by atoms with van der Waals surface area (Å²) in [6, 6.07) is 0.390. The van der Waals surface area contributed by atoms with Crippen molar-refractivity contribution in [3.8, 4) is 0 Å². The lowest BCUT2D eigenvalue weighted by Gasteiger charge is -2.13. The number of aromatic amines is 1. The van der Waals surface area contributed by atoms with E-state index < -0.39 is 0 Å². The molecule has 15 heavy (non-hydrogen) atoms. The maximum Gasteiger partial charge on any atom is 0.123 e. The number of H-pyrrole nitrogens is 1. The number of nitrogens with zero attached hydrogens (tertiary/aromatic N) is 1. The van der Waals surface area contributed by atoms with Crippen molar-refractivity contribution in [3.05, 3.63) is 18.2 Å². The summed E-state index contributed by atoms with van der Waals surface area (Å²) < 4.78 is 0. The Kier molecular flexibility index (Phi) is 6.09. The van der Waals surface area contributed by atoms with E-state index in [2.05, 4.69) is 22.2 Å². The molecule has 86 valence electrons. The molecule has 1 unspecified atom stereocenters. The summed E-state index contributed by atoms with van der Waals surface area (Å²) in [5.74, 6) is 1.06. The normalized spacial score (nSPS) is 12.9. The first-order valence-electron chi connectivity index (χ1n) is 6.05. The SMILES string of the molecule is CCCCCCCC(NC)c1ncc[nH]1. The molecule has 1 aromatic heterocycles. The maximum absolute atomic E-state index is 4.28. The minimum absolute atomic E-state index is 0.390. The second-order valence-electron chi connectivity index (χ2n) is 4.02. The zero-order valence-electron chi connectivity index (χ0n) is 9.92. The molecule has 1 rings (SSSR count). The fourth-order valence-electron chi connectivity index (χ4n) is 1.84. The highest BCUT2D eigenvalue weighted by atomic mass is 15.0. The van der Waals surface area contributed by atoms with E-state index in [4.69, 9.17) is 0 Å². The van der Waals surface area contributed by atoms with Crippen molar-refractivity contribution >= 4 is 0 Å². The smallest absolute Gasteiger partial charge is 0.123 e. The summed E-state index contributed by atoms with van der Waals surface area (Å²) in [4.78, 5) is 7.45. The van der Waals surface area contributed by atoms with Crippen molar-refractivity contribution in [3.63, 3.8) is 0 Å². The molecule has 0 radical (unpaired) electrons. The zero-order chi connectivity index (χ0) is 10.9. The molecular weight excluding hydrogens is 186 g/mol. The zero-order valence-corrected chi connectivity index (χ0v) is 9.92. The van der Waals surface area contributed by atoms with Gasteiger partial charge < -0.3 is 10.3 Å². The van der Waals surface area contributed by atoms with E-state index in [1.165, 1.54) is 38.5 Å². The largest absolute Gasteiger partial charge is 0.347 e. The van der Waals surface area contributed by atoms with Crippen LogP contribution in [0.4, 0.5) is 0 Å². The molecule has 2 N–H and O–H groups in total. The molecule has 0 fully saturated rings. The molecule has 0 saturated heterocycles. The number of aromatic nitrogens is 2. The van der Waals surface area contributed by atoms with E-state index in [-0.39, 0.29) is 0 Å². The first-order valence-corrected chi connectivity index (χ1v) is 6.05. The van der Waals surface area contributed by atoms with Gasteiger partial charge in [0.25, 0.3) is 0 Å². The third kappa shape index (κ3) is 4.47. The fraction of sp³-hybridized carbons (Fsp3) is 0.750. The third-order valence-electron chi connectivity index (χ3n) is 2.79. The van der Waals surface area contributed by atoms with Crippen molar-refractivity contribution in [2.45, 2.75) is 51.5 Å². The predicted molar refractivity (Wildman–Crippen MR) is 63.8 cm³/mol. The third-order valence-corrected chi connectivity index (χ3v) is 2.79. The Morgan fingerprint density at radius 3 is 2.73 bits per heavy atom. The van der Waals surface area contributed by atoms with Gasteiger partial charge in [-0.3, -0.25) is 0 Å². The number of imidazole rings is 1. The Balaban J connectivity index is 2.18. The number of hydrogen-bond donors (Lipinski definition) is 2. The number of hydrogen-bond acceptors (Lipinski definition) is 2. The highest BCUT2D eigenvalue weighted by Crippen LogP contribution is 2.16. The van der Waals surface area contributed by atoms with Crippen molar-refractivity contribution in [1.29, 1.82) is 0 Å². The van der Waals surface area contributed by atoms with Crippen LogP contribution in [0.1, 0.15) is 57.3 Å². The van der Waals surface area contributed by atoms with Gasteiger partial charge in [0.1, 0.15) is 5.82 Å². The lowest BCUT2D eigenvalue weighted by atomic mass is 10.1. The Labute approximate surface area is 92.7 Å². The van der Waals surface area contributed by atoms with Crippen LogP contribution in [0, 0.1) is 0 Å². The van der Waals surface area contributed by atoms with E-state index in [1.807, 2.05) is 19.4 Å². The monoisotopic (exact) mass is 209 g/mol. The standard InChI is InChI=1S/C12H23N3/c1-3-4-5-6-7-8-11(13-2)12-14-9-10-15-12/h9-11,13H,3-8H2,1-2H3,(H,14,15). The second kappa shape index (κ2) is 7.46. The van der Waals surface area contributed by atoms with E-state index in [9.17, 15) is 0 Å². The summed E-state index contributed by atoms with van der Waals surface area (Å²) in [5, 5.41) is 3.30. The fourth-order valence-corrected chi connectivity index (χ4v) is 1.84. The summed E-state index contributed by atoms with van der Waals surface area (Å²) in [6.45, 7) is 2.25. The van der Waals surface area contributed by atoms with E-state index in [0.29, 0.717) is 6.04 Å². The van der Waals surface area contributed by atoms with Crippen molar-refractivity contribution in [2.75, 3.05) is 7.05 Å². The van der Waals surface area contributed by atoms with Crippen LogP contribution >= 0.6 is 0 Å². The summed E-state index contributed by atoms with van der Waals surface area (Å²) in [7, 11) is 2.00. The molecule has 0 aromatic carbocycles. The molecule has 0 spiro atoms. The Bertz CT molecular complexity index is 231. The molecule has 0 aliphatic heterocycles. The Morgan fingerprint density at radius 2 is 2.13 bits per heavy atom. The predicted octanol–water partition coefficient (Wildman–Crippen LogP) is 3.03. The van der Waals surface area contributed by atoms with Crippen LogP contribution in [-0.2, 0) is 0 Å². The van der Waals surface area contributed by atoms with Gasteiger partial charge in [-0.2, -0.15) is 0 Å². The van der Waals surface area contributed by atoms with Crippen LogP contribution in [0.15, 0.2) is 12.4 Å². The average molecular weight is 209 g/mol. The van der Waals surface area contributed by atoms with Gasteiger partial charge in [-0.1, -0.05) is 39.0 Å². The van der Waals surface area contributed by atoms with E-state index in [0.717, 1.165) is 5.82 Å². The molecule has 1 aromatic rings. The Morgan fingerprint density at radius 1 is 1.33 bits per heavy atom. The van der Waals surface area contributed by atoms with E-state index >= 15 is 0 Å². The van der Waals surface area contributed by atoms with Crippen LogP contribution in [0.2, 0.25) is 0 Å². The van der Waals surface area contributed by atoms with Gasteiger partial charge in [0.2, 0.25) is 0 Å². The van der Waals surface area contributed by atoms with Crippen LogP contribution < -0.4 is 5.32 Å². The molecule has 3 heteroatoms. The number of unbranched alkanes of at least 4 members (excludes halogenated alkanes) is 4. The molecule has 3 nitrogen and oxygen atoms in total.